The first-order valence-corrected chi connectivity index (χ1v) is 5.75. The minimum absolute atomic E-state index is 0.187. The van der Waals surface area contributed by atoms with E-state index in [1.807, 2.05) is 0 Å². The van der Waals surface area contributed by atoms with E-state index in [0.29, 0.717) is 12.1 Å². The van der Waals surface area contributed by atoms with E-state index in [1.54, 1.807) is 13.8 Å². The summed E-state index contributed by atoms with van der Waals surface area (Å²) in [6.07, 6.45) is -4.84. The monoisotopic (exact) mass is 293 g/mol. The highest BCUT2D eigenvalue weighted by Crippen LogP contribution is 2.31. The molecule has 0 bridgehead atoms. The molecule has 0 saturated heterocycles. The maximum Gasteiger partial charge on any atom is 0.419 e. The zero-order chi connectivity index (χ0) is 15.6. The molecule has 7 heteroatoms. The van der Waals surface area contributed by atoms with Gasteiger partial charge < -0.3 is 10.1 Å². The molecule has 0 heterocycles. The van der Waals surface area contributed by atoms with Crippen LogP contribution in [0.3, 0.4) is 0 Å². The lowest BCUT2D eigenvalue weighted by molar-refractivity contribution is -0.140. The second kappa shape index (κ2) is 5.78. The molecule has 0 unspecified atom stereocenters. The van der Waals surface area contributed by atoms with Crippen molar-refractivity contribution in [1.82, 2.24) is 5.32 Å². The quantitative estimate of drug-likeness (QED) is 0.867. The zero-order valence-electron chi connectivity index (χ0n) is 11.3. The van der Waals surface area contributed by atoms with Crippen molar-refractivity contribution in [3.05, 3.63) is 35.1 Å². The van der Waals surface area contributed by atoms with Gasteiger partial charge in [0.15, 0.2) is 0 Å². The number of alkyl halides is 3. The van der Waals surface area contributed by atoms with Gasteiger partial charge in [-0.2, -0.15) is 13.2 Å². The van der Waals surface area contributed by atoms with Gasteiger partial charge in [0.2, 0.25) is 0 Å². The van der Waals surface area contributed by atoms with Gasteiger partial charge in [0.05, 0.1) is 17.7 Å². The van der Waals surface area contributed by atoms with Crippen LogP contribution in [-0.2, 0) is 10.9 Å². The van der Waals surface area contributed by atoms with E-state index in [-0.39, 0.29) is 12.2 Å². The number of carbonyl (C=O) groups is 1. The Morgan fingerprint density at radius 2 is 1.90 bits per heavy atom. The van der Waals surface area contributed by atoms with Gasteiger partial charge in [-0.05, 0) is 32.0 Å². The number of methoxy groups -OCH3 is 1. The van der Waals surface area contributed by atoms with E-state index in [9.17, 15) is 22.4 Å². The van der Waals surface area contributed by atoms with Gasteiger partial charge in [-0.1, -0.05) is 0 Å². The van der Waals surface area contributed by atoms with Gasteiger partial charge in [-0.3, -0.25) is 4.79 Å². The molecule has 3 nitrogen and oxygen atoms in total. The molecule has 0 saturated carbocycles. The summed E-state index contributed by atoms with van der Waals surface area (Å²) in [6, 6.07) is 2.12. The Labute approximate surface area is 113 Å². The molecule has 0 spiro atoms. The van der Waals surface area contributed by atoms with Crippen molar-refractivity contribution in [1.29, 1.82) is 0 Å². The smallest absolute Gasteiger partial charge is 0.382 e. The highest BCUT2D eigenvalue weighted by molar-refractivity contribution is 5.94. The summed E-state index contributed by atoms with van der Waals surface area (Å²) < 4.78 is 55.7. The van der Waals surface area contributed by atoms with Crippen molar-refractivity contribution in [3.8, 4) is 0 Å². The molecule has 20 heavy (non-hydrogen) atoms. The first-order chi connectivity index (χ1) is 9.07. The second-order valence-electron chi connectivity index (χ2n) is 4.96. The van der Waals surface area contributed by atoms with E-state index < -0.39 is 29.0 Å². The van der Waals surface area contributed by atoms with Gasteiger partial charge in [0.1, 0.15) is 5.82 Å². The van der Waals surface area contributed by atoms with Crippen LogP contribution in [0.1, 0.15) is 29.8 Å². The fourth-order valence-corrected chi connectivity index (χ4v) is 1.66. The summed E-state index contributed by atoms with van der Waals surface area (Å²) in [5.74, 6) is -2.14. The van der Waals surface area contributed by atoms with Crippen molar-refractivity contribution in [2.24, 2.45) is 0 Å². The average Bonchev–Trinajstić information content (AvgIpc) is 2.26. The first-order valence-electron chi connectivity index (χ1n) is 5.75. The number of halogens is 4. The normalized spacial score (nSPS) is 12.3. The van der Waals surface area contributed by atoms with Crippen molar-refractivity contribution in [3.63, 3.8) is 0 Å². The third-order valence-corrected chi connectivity index (χ3v) is 2.49. The summed E-state index contributed by atoms with van der Waals surface area (Å²) in [7, 11) is 1.44. The number of amides is 1. The molecule has 1 aromatic rings. The van der Waals surface area contributed by atoms with Crippen LogP contribution >= 0.6 is 0 Å². The number of hydrogen-bond donors (Lipinski definition) is 1. The SMILES string of the molecule is COCC(C)(C)NC(=O)c1ccc(F)c(C(F)(F)F)c1. The summed E-state index contributed by atoms with van der Waals surface area (Å²) in [5.41, 5.74) is -2.48. The zero-order valence-corrected chi connectivity index (χ0v) is 11.3. The van der Waals surface area contributed by atoms with Crippen LogP contribution in [0.25, 0.3) is 0 Å². The Morgan fingerprint density at radius 3 is 2.40 bits per heavy atom. The minimum atomic E-state index is -4.84. The maximum absolute atomic E-state index is 13.1. The highest BCUT2D eigenvalue weighted by Gasteiger charge is 2.35. The Hall–Kier alpha value is -1.63. The lowest BCUT2D eigenvalue weighted by Gasteiger charge is -2.25. The van der Waals surface area contributed by atoms with Gasteiger partial charge in [-0.15, -0.1) is 0 Å². The number of ether oxygens (including phenoxy) is 1. The Morgan fingerprint density at radius 1 is 1.30 bits per heavy atom. The Balaban J connectivity index is 3.01. The second-order valence-corrected chi connectivity index (χ2v) is 4.96. The van der Waals surface area contributed by atoms with Crippen LogP contribution in [0, 0.1) is 5.82 Å². The largest absolute Gasteiger partial charge is 0.419 e. The van der Waals surface area contributed by atoms with Crippen molar-refractivity contribution < 1.29 is 27.1 Å². The first kappa shape index (κ1) is 16.4. The molecular weight excluding hydrogens is 278 g/mol. The van der Waals surface area contributed by atoms with E-state index >= 15 is 0 Å². The third-order valence-electron chi connectivity index (χ3n) is 2.49. The molecular formula is C13H15F4NO2. The maximum atomic E-state index is 13.1. The van der Waals surface area contributed by atoms with Crippen LogP contribution in [-0.4, -0.2) is 25.2 Å². The molecule has 0 atom stereocenters. The summed E-state index contributed by atoms with van der Waals surface area (Å²) >= 11 is 0. The number of benzene rings is 1. The summed E-state index contributed by atoms with van der Waals surface area (Å²) in [4.78, 5) is 11.9. The fraction of sp³-hybridized carbons (Fsp3) is 0.462. The molecule has 112 valence electrons. The van der Waals surface area contributed by atoms with Crippen LogP contribution in [0.4, 0.5) is 17.6 Å². The van der Waals surface area contributed by atoms with Crippen molar-refractivity contribution in [2.75, 3.05) is 13.7 Å². The van der Waals surface area contributed by atoms with Gasteiger partial charge in [-0.25, -0.2) is 4.39 Å². The summed E-state index contributed by atoms with van der Waals surface area (Å²) in [6.45, 7) is 3.50. The van der Waals surface area contributed by atoms with Gasteiger partial charge in [0.25, 0.3) is 5.91 Å². The number of hydrogen-bond acceptors (Lipinski definition) is 2. The molecule has 0 aliphatic carbocycles. The Bertz CT molecular complexity index is 498. The van der Waals surface area contributed by atoms with E-state index in [1.165, 1.54) is 7.11 Å². The van der Waals surface area contributed by atoms with E-state index in [0.717, 1.165) is 6.07 Å². The topological polar surface area (TPSA) is 38.3 Å². The molecule has 0 aliphatic heterocycles. The van der Waals surface area contributed by atoms with E-state index in [2.05, 4.69) is 5.32 Å². The summed E-state index contributed by atoms with van der Waals surface area (Å²) in [5, 5.41) is 2.52. The van der Waals surface area contributed by atoms with Gasteiger partial charge in [0, 0.05) is 12.7 Å². The third kappa shape index (κ3) is 4.19. The van der Waals surface area contributed by atoms with Crippen molar-refractivity contribution >= 4 is 5.91 Å². The standard InChI is InChI=1S/C13H15F4NO2/c1-12(2,7-20-3)18-11(19)8-4-5-10(14)9(6-8)13(15,16)17/h4-6H,7H2,1-3H3,(H,18,19). The molecule has 0 aromatic heterocycles. The predicted octanol–water partition coefficient (Wildman–Crippen LogP) is 3.00. The minimum Gasteiger partial charge on any atom is -0.382 e. The molecule has 1 aromatic carbocycles. The van der Waals surface area contributed by atoms with Crippen LogP contribution in [0.2, 0.25) is 0 Å². The van der Waals surface area contributed by atoms with Crippen LogP contribution in [0.5, 0.6) is 0 Å². The number of nitrogens with one attached hydrogen (secondary N) is 1. The molecule has 1 rings (SSSR count). The predicted molar refractivity (Wildman–Crippen MR) is 64.8 cm³/mol. The highest BCUT2D eigenvalue weighted by atomic mass is 19.4. The lowest BCUT2D eigenvalue weighted by Crippen LogP contribution is -2.46. The number of carbonyl (C=O) groups excluding carboxylic acids is 1. The Kier molecular flexibility index (Phi) is 4.75. The van der Waals surface area contributed by atoms with E-state index in [4.69, 9.17) is 4.74 Å². The van der Waals surface area contributed by atoms with Crippen molar-refractivity contribution in [2.45, 2.75) is 25.6 Å². The molecule has 1 N–H and O–H groups in total. The molecule has 0 fully saturated rings. The molecule has 0 aliphatic rings. The molecule has 1 amide bonds. The average molecular weight is 293 g/mol. The lowest BCUT2D eigenvalue weighted by atomic mass is 10.0. The van der Waals surface area contributed by atoms with Crippen LogP contribution < -0.4 is 5.32 Å². The fourth-order valence-electron chi connectivity index (χ4n) is 1.66. The number of rotatable bonds is 4. The van der Waals surface area contributed by atoms with Gasteiger partial charge >= 0.3 is 6.18 Å². The molecule has 0 radical (unpaired) electrons. The van der Waals surface area contributed by atoms with Crippen LogP contribution in [0.15, 0.2) is 18.2 Å².